The molecule has 0 bridgehead atoms. The Morgan fingerprint density at radius 2 is 2.25 bits per heavy atom. The average Bonchev–Trinajstić information content (AvgIpc) is 2.30. The SMILES string of the molecule is Cc1cc(CCS(C)(=O)=O)on1. The molecule has 0 unspecified atom stereocenters. The Labute approximate surface area is 71.5 Å². The molecule has 5 heteroatoms. The van der Waals surface area contributed by atoms with Crippen LogP contribution in [-0.4, -0.2) is 25.6 Å². The Hall–Kier alpha value is -0.840. The highest BCUT2D eigenvalue weighted by Gasteiger charge is 2.06. The summed E-state index contributed by atoms with van der Waals surface area (Å²) in [6.45, 7) is 1.80. The van der Waals surface area contributed by atoms with Gasteiger partial charge in [-0.05, 0) is 6.92 Å². The van der Waals surface area contributed by atoms with Gasteiger partial charge < -0.3 is 4.52 Å². The summed E-state index contributed by atoms with van der Waals surface area (Å²) in [6.07, 6.45) is 1.61. The third-order valence-electron chi connectivity index (χ3n) is 1.40. The molecule has 0 amide bonds. The fourth-order valence-electron chi connectivity index (χ4n) is 0.820. The molecule has 1 aromatic rings. The first kappa shape index (κ1) is 9.25. The van der Waals surface area contributed by atoms with Gasteiger partial charge >= 0.3 is 0 Å². The zero-order valence-corrected chi connectivity index (χ0v) is 7.89. The molecule has 0 saturated heterocycles. The first-order chi connectivity index (χ1) is 5.47. The number of rotatable bonds is 3. The summed E-state index contributed by atoms with van der Waals surface area (Å²) in [6, 6.07) is 1.74. The summed E-state index contributed by atoms with van der Waals surface area (Å²) in [5.41, 5.74) is 0.776. The van der Waals surface area contributed by atoms with Gasteiger partial charge in [0.25, 0.3) is 0 Å². The molecule has 68 valence electrons. The molecule has 0 radical (unpaired) electrons. The maximum absolute atomic E-state index is 10.7. The fourth-order valence-corrected chi connectivity index (χ4v) is 1.39. The second-order valence-corrected chi connectivity index (χ2v) is 5.07. The van der Waals surface area contributed by atoms with E-state index in [-0.39, 0.29) is 5.75 Å². The minimum Gasteiger partial charge on any atom is -0.361 e. The van der Waals surface area contributed by atoms with Crippen LogP contribution in [0.2, 0.25) is 0 Å². The van der Waals surface area contributed by atoms with E-state index in [1.807, 2.05) is 0 Å². The molecule has 0 atom stereocenters. The Morgan fingerprint density at radius 3 is 2.67 bits per heavy atom. The lowest BCUT2D eigenvalue weighted by molar-refractivity contribution is 0.383. The molecule has 0 aromatic carbocycles. The average molecular weight is 189 g/mol. The van der Waals surface area contributed by atoms with Crippen LogP contribution in [0.15, 0.2) is 10.6 Å². The van der Waals surface area contributed by atoms with E-state index in [0.29, 0.717) is 12.2 Å². The highest BCUT2D eigenvalue weighted by atomic mass is 32.2. The molecule has 0 fully saturated rings. The van der Waals surface area contributed by atoms with Crippen LogP contribution in [0.3, 0.4) is 0 Å². The van der Waals surface area contributed by atoms with Crippen molar-refractivity contribution in [3.05, 3.63) is 17.5 Å². The molecule has 4 nitrogen and oxygen atoms in total. The maximum atomic E-state index is 10.7. The number of aryl methyl sites for hydroxylation is 2. The Morgan fingerprint density at radius 1 is 1.58 bits per heavy atom. The largest absolute Gasteiger partial charge is 0.361 e. The molecule has 12 heavy (non-hydrogen) atoms. The third kappa shape index (κ3) is 3.04. The lowest BCUT2D eigenvalue weighted by Crippen LogP contribution is -2.05. The molecular formula is C7H11NO3S. The number of hydrogen-bond donors (Lipinski definition) is 0. The van der Waals surface area contributed by atoms with Crippen molar-refractivity contribution in [2.75, 3.05) is 12.0 Å². The van der Waals surface area contributed by atoms with Crippen molar-refractivity contribution in [1.29, 1.82) is 0 Å². The Bertz CT molecular complexity index is 352. The summed E-state index contributed by atoms with van der Waals surface area (Å²) in [4.78, 5) is 0. The monoisotopic (exact) mass is 189 g/mol. The van der Waals surface area contributed by atoms with Crippen molar-refractivity contribution >= 4 is 9.84 Å². The lowest BCUT2D eigenvalue weighted by Gasteiger charge is -1.92. The number of sulfone groups is 1. The van der Waals surface area contributed by atoms with Crippen molar-refractivity contribution in [2.45, 2.75) is 13.3 Å². The van der Waals surface area contributed by atoms with Crippen LogP contribution < -0.4 is 0 Å². The predicted octanol–water partition coefficient (Wildman–Crippen LogP) is 0.570. The summed E-state index contributed by atoms with van der Waals surface area (Å²) in [7, 11) is -2.90. The zero-order valence-electron chi connectivity index (χ0n) is 7.07. The van der Waals surface area contributed by atoms with Gasteiger partial charge in [-0.1, -0.05) is 5.16 Å². The van der Waals surface area contributed by atoms with Crippen molar-refractivity contribution in [3.8, 4) is 0 Å². The van der Waals surface area contributed by atoms with E-state index in [2.05, 4.69) is 5.16 Å². The van der Waals surface area contributed by atoms with Crippen LogP contribution in [0.25, 0.3) is 0 Å². The second-order valence-electron chi connectivity index (χ2n) is 2.81. The summed E-state index contributed by atoms with van der Waals surface area (Å²) >= 11 is 0. The van der Waals surface area contributed by atoms with E-state index < -0.39 is 9.84 Å². The van der Waals surface area contributed by atoms with Gasteiger partial charge in [0.05, 0.1) is 11.4 Å². The fraction of sp³-hybridized carbons (Fsp3) is 0.571. The van der Waals surface area contributed by atoms with Gasteiger partial charge in [-0.15, -0.1) is 0 Å². The first-order valence-corrected chi connectivity index (χ1v) is 5.63. The molecule has 0 saturated carbocycles. The number of aromatic nitrogens is 1. The summed E-state index contributed by atoms with van der Waals surface area (Å²) in [5.74, 6) is 0.736. The maximum Gasteiger partial charge on any atom is 0.147 e. The van der Waals surface area contributed by atoms with E-state index in [1.54, 1.807) is 13.0 Å². The van der Waals surface area contributed by atoms with E-state index in [4.69, 9.17) is 4.52 Å². The van der Waals surface area contributed by atoms with Gasteiger partial charge in [0.15, 0.2) is 0 Å². The second kappa shape index (κ2) is 3.26. The van der Waals surface area contributed by atoms with E-state index in [1.165, 1.54) is 6.26 Å². The molecule has 0 N–H and O–H groups in total. The van der Waals surface area contributed by atoms with Crippen molar-refractivity contribution in [3.63, 3.8) is 0 Å². The number of nitrogens with zero attached hydrogens (tertiary/aromatic N) is 1. The van der Waals surface area contributed by atoms with Crippen molar-refractivity contribution < 1.29 is 12.9 Å². The Kier molecular flexibility index (Phi) is 2.52. The van der Waals surface area contributed by atoms with Crippen LogP contribution in [0.5, 0.6) is 0 Å². The molecule has 1 rings (SSSR count). The molecule has 0 aliphatic heterocycles. The van der Waals surface area contributed by atoms with Gasteiger partial charge in [0.1, 0.15) is 15.6 Å². The molecule has 0 spiro atoms. The highest BCUT2D eigenvalue weighted by molar-refractivity contribution is 7.90. The van der Waals surface area contributed by atoms with Crippen LogP contribution in [0.1, 0.15) is 11.5 Å². The lowest BCUT2D eigenvalue weighted by atomic mass is 10.3. The van der Waals surface area contributed by atoms with Gasteiger partial charge in [-0.3, -0.25) is 0 Å². The van der Waals surface area contributed by atoms with Crippen LogP contribution in [-0.2, 0) is 16.3 Å². The van der Waals surface area contributed by atoms with Gasteiger partial charge in [-0.25, -0.2) is 8.42 Å². The van der Waals surface area contributed by atoms with E-state index in [0.717, 1.165) is 5.69 Å². The summed E-state index contributed by atoms with van der Waals surface area (Å²) < 4.78 is 26.3. The molecular weight excluding hydrogens is 178 g/mol. The number of hydrogen-bond acceptors (Lipinski definition) is 4. The van der Waals surface area contributed by atoms with Crippen LogP contribution in [0, 0.1) is 6.92 Å². The topological polar surface area (TPSA) is 60.2 Å². The smallest absolute Gasteiger partial charge is 0.147 e. The van der Waals surface area contributed by atoms with Crippen molar-refractivity contribution in [2.24, 2.45) is 0 Å². The normalized spacial score (nSPS) is 11.8. The van der Waals surface area contributed by atoms with Gasteiger partial charge in [0, 0.05) is 18.7 Å². The van der Waals surface area contributed by atoms with Crippen molar-refractivity contribution in [1.82, 2.24) is 5.16 Å². The van der Waals surface area contributed by atoms with E-state index in [9.17, 15) is 8.42 Å². The van der Waals surface area contributed by atoms with E-state index >= 15 is 0 Å². The first-order valence-electron chi connectivity index (χ1n) is 3.57. The quantitative estimate of drug-likeness (QED) is 0.697. The standard InChI is InChI=1S/C7H11NO3S/c1-6-5-7(11-8-6)3-4-12(2,9)10/h5H,3-4H2,1-2H3. The van der Waals surface area contributed by atoms with Gasteiger partial charge in [0.2, 0.25) is 0 Å². The molecule has 1 heterocycles. The van der Waals surface area contributed by atoms with Crippen LogP contribution >= 0.6 is 0 Å². The Balaban J connectivity index is 2.55. The van der Waals surface area contributed by atoms with Gasteiger partial charge in [-0.2, -0.15) is 0 Å². The molecule has 0 aliphatic rings. The molecule has 0 aliphatic carbocycles. The van der Waals surface area contributed by atoms with Crippen LogP contribution in [0.4, 0.5) is 0 Å². The highest BCUT2D eigenvalue weighted by Crippen LogP contribution is 2.03. The zero-order chi connectivity index (χ0) is 9.19. The third-order valence-corrected chi connectivity index (χ3v) is 2.34. The predicted molar refractivity (Wildman–Crippen MR) is 44.7 cm³/mol. The summed E-state index contributed by atoms with van der Waals surface area (Å²) in [5, 5.41) is 3.65. The minimum absolute atomic E-state index is 0.113. The molecule has 1 aromatic heterocycles. The minimum atomic E-state index is -2.90.